The monoisotopic (exact) mass is 282 g/mol. The van der Waals surface area contributed by atoms with Crippen molar-refractivity contribution in [3.8, 4) is 0 Å². The number of fused-ring (bicyclic) bond motifs is 1. The summed E-state index contributed by atoms with van der Waals surface area (Å²) in [6, 6.07) is 7.13. The van der Waals surface area contributed by atoms with Crippen LogP contribution in [0, 0.1) is 0 Å². The molecule has 7 heteroatoms. The van der Waals surface area contributed by atoms with Crippen LogP contribution in [0.2, 0.25) is 0 Å². The Morgan fingerprint density at radius 3 is 2.81 bits per heavy atom. The van der Waals surface area contributed by atoms with Crippen molar-refractivity contribution >= 4 is 16.7 Å². The van der Waals surface area contributed by atoms with Gasteiger partial charge in [-0.15, -0.1) is 5.10 Å². The van der Waals surface area contributed by atoms with E-state index in [0.717, 1.165) is 6.54 Å². The molecule has 0 bridgehead atoms. The summed E-state index contributed by atoms with van der Waals surface area (Å²) in [6.07, 6.45) is 3.26. The first-order valence-corrected chi connectivity index (χ1v) is 6.65. The summed E-state index contributed by atoms with van der Waals surface area (Å²) >= 11 is 0. The van der Waals surface area contributed by atoms with E-state index in [4.69, 9.17) is 0 Å². The SMILES string of the molecule is CCNc1cnc(Cn2nnc3ccccc3c2=O)cn1. The molecule has 0 spiro atoms. The van der Waals surface area contributed by atoms with Crippen molar-refractivity contribution in [1.29, 1.82) is 0 Å². The Morgan fingerprint density at radius 1 is 1.19 bits per heavy atom. The number of anilines is 1. The minimum Gasteiger partial charge on any atom is -0.369 e. The fourth-order valence-electron chi connectivity index (χ4n) is 1.99. The van der Waals surface area contributed by atoms with Crippen molar-refractivity contribution in [3.05, 3.63) is 52.7 Å². The van der Waals surface area contributed by atoms with Gasteiger partial charge in [-0.05, 0) is 19.1 Å². The molecule has 0 saturated heterocycles. The molecule has 0 fully saturated rings. The fraction of sp³-hybridized carbons (Fsp3) is 0.214. The number of rotatable bonds is 4. The van der Waals surface area contributed by atoms with Crippen LogP contribution >= 0.6 is 0 Å². The molecule has 0 amide bonds. The van der Waals surface area contributed by atoms with Gasteiger partial charge in [-0.1, -0.05) is 17.3 Å². The van der Waals surface area contributed by atoms with Gasteiger partial charge in [0, 0.05) is 6.54 Å². The van der Waals surface area contributed by atoms with Gasteiger partial charge in [0.1, 0.15) is 11.3 Å². The van der Waals surface area contributed by atoms with Gasteiger partial charge >= 0.3 is 0 Å². The lowest BCUT2D eigenvalue weighted by molar-refractivity contribution is 0.590. The Labute approximate surface area is 120 Å². The fourth-order valence-corrected chi connectivity index (χ4v) is 1.99. The molecule has 3 rings (SSSR count). The smallest absolute Gasteiger partial charge is 0.277 e. The molecule has 0 saturated carbocycles. The van der Waals surface area contributed by atoms with Crippen LogP contribution in [0.25, 0.3) is 10.9 Å². The predicted octanol–water partition coefficient (Wildman–Crippen LogP) is 1.06. The Bertz CT molecular complexity index is 812. The van der Waals surface area contributed by atoms with Gasteiger partial charge in [-0.25, -0.2) is 9.67 Å². The summed E-state index contributed by atoms with van der Waals surface area (Å²) in [5, 5.41) is 11.6. The summed E-state index contributed by atoms with van der Waals surface area (Å²) in [7, 11) is 0. The lowest BCUT2D eigenvalue weighted by Crippen LogP contribution is -2.25. The van der Waals surface area contributed by atoms with Crippen LogP contribution in [0.3, 0.4) is 0 Å². The molecule has 1 aromatic carbocycles. The number of aromatic nitrogens is 5. The molecule has 2 heterocycles. The largest absolute Gasteiger partial charge is 0.369 e. The second-order valence-electron chi connectivity index (χ2n) is 4.49. The molecule has 106 valence electrons. The van der Waals surface area contributed by atoms with E-state index in [9.17, 15) is 4.79 Å². The predicted molar refractivity (Wildman–Crippen MR) is 79.1 cm³/mol. The van der Waals surface area contributed by atoms with E-state index in [-0.39, 0.29) is 12.1 Å². The first-order valence-electron chi connectivity index (χ1n) is 6.65. The summed E-state index contributed by atoms with van der Waals surface area (Å²) in [6.45, 7) is 3.01. The number of hydrogen-bond donors (Lipinski definition) is 1. The van der Waals surface area contributed by atoms with E-state index in [1.54, 1.807) is 30.6 Å². The molecule has 0 aliphatic heterocycles. The Morgan fingerprint density at radius 2 is 2.05 bits per heavy atom. The maximum Gasteiger partial charge on any atom is 0.277 e. The van der Waals surface area contributed by atoms with Gasteiger partial charge in [0.25, 0.3) is 5.56 Å². The van der Waals surface area contributed by atoms with Crippen molar-refractivity contribution in [2.24, 2.45) is 0 Å². The molecule has 2 aromatic heterocycles. The summed E-state index contributed by atoms with van der Waals surface area (Å²) < 4.78 is 1.29. The molecule has 1 N–H and O–H groups in total. The lowest BCUT2D eigenvalue weighted by Gasteiger charge is -2.05. The van der Waals surface area contributed by atoms with Crippen LogP contribution in [-0.4, -0.2) is 31.5 Å². The van der Waals surface area contributed by atoms with Crippen LogP contribution < -0.4 is 10.9 Å². The van der Waals surface area contributed by atoms with Crippen LogP contribution in [0.15, 0.2) is 41.5 Å². The summed E-state index contributed by atoms with van der Waals surface area (Å²) in [4.78, 5) is 20.8. The number of nitrogens with one attached hydrogen (secondary N) is 1. The molecule has 7 nitrogen and oxygen atoms in total. The third-order valence-electron chi connectivity index (χ3n) is 3.00. The van der Waals surface area contributed by atoms with Crippen molar-refractivity contribution in [1.82, 2.24) is 25.0 Å². The number of nitrogens with zero attached hydrogens (tertiary/aromatic N) is 5. The quantitative estimate of drug-likeness (QED) is 0.770. The second kappa shape index (κ2) is 5.66. The molecule has 0 atom stereocenters. The number of hydrogen-bond acceptors (Lipinski definition) is 6. The third kappa shape index (κ3) is 2.71. The zero-order valence-corrected chi connectivity index (χ0v) is 11.5. The van der Waals surface area contributed by atoms with E-state index in [0.29, 0.717) is 22.4 Å². The highest BCUT2D eigenvalue weighted by atomic mass is 16.1. The third-order valence-corrected chi connectivity index (χ3v) is 3.00. The van der Waals surface area contributed by atoms with Crippen molar-refractivity contribution < 1.29 is 0 Å². The molecule has 0 aliphatic rings. The molecular formula is C14H14N6O. The van der Waals surface area contributed by atoms with Gasteiger partial charge in [-0.3, -0.25) is 9.78 Å². The van der Waals surface area contributed by atoms with E-state index < -0.39 is 0 Å². The van der Waals surface area contributed by atoms with Crippen LogP contribution in [0.1, 0.15) is 12.6 Å². The van der Waals surface area contributed by atoms with Crippen LogP contribution in [0.5, 0.6) is 0 Å². The van der Waals surface area contributed by atoms with Crippen LogP contribution in [-0.2, 0) is 6.54 Å². The van der Waals surface area contributed by atoms with Gasteiger partial charge in [0.2, 0.25) is 0 Å². The molecule has 21 heavy (non-hydrogen) atoms. The Balaban J connectivity index is 1.91. The Kier molecular flexibility index (Phi) is 3.55. The highest BCUT2D eigenvalue weighted by molar-refractivity contribution is 5.76. The maximum atomic E-state index is 12.3. The molecule has 0 aliphatic carbocycles. The van der Waals surface area contributed by atoms with Crippen molar-refractivity contribution in [2.75, 3.05) is 11.9 Å². The van der Waals surface area contributed by atoms with E-state index in [2.05, 4.69) is 25.6 Å². The van der Waals surface area contributed by atoms with Gasteiger partial charge in [-0.2, -0.15) is 0 Å². The van der Waals surface area contributed by atoms with Gasteiger partial charge < -0.3 is 5.32 Å². The minimum atomic E-state index is -0.182. The van der Waals surface area contributed by atoms with Crippen molar-refractivity contribution in [3.63, 3.8) is 0 Å². The normalized spacial score (nSPS) is 10.7. The average Bonchev–Trinajstić information content (AvgIpc) is 2.52. The summed E-state index contributed by atoms with van der Waals surface area (Å²) in [5.74, 6) is 0.707. The van der Waals surface area contributed by atoms with Crippen molar-refractivity contribution in [2.45, 2.75) is 13.5 Å². The lowest BCUT2D eigenvalue weighted by atomic mass is 10.2. The first-order chi connectivity index (χ1) is 10.3. The highest BCUT2D eigenvalue weighted by Crippen LogP contribution is 2.05. The molecular weight excluding hydrogens is 268 g/mol. The van der Waals surface area contributed by atoms with E-state index in [1.807, 2.05) is 13.0 Å². The highest BCUT2D eigenvalue weighted by Gasteiger charge is 2.06. The average molecular weight is 282 g/mol. The molecule has 0 unspecified atom stereocenters. The van der Waals surface area contributed by atoms with Gasteiger partial charge in [0.15, 0.2) is 0 Å². The summed E-state index contributed by atoms with van der Waals surface area (Å²) in [5.41, 5.74) is 1.06. The zero-order chi connectivity index (χ0) is 14.7. The maximum absolute atomic E-state index is 12.3. The van der Waals surface area contributed by atoms with Crippen LogP contribution in [0.4, 0.5) is 5.82 Å². The Hall–Kier alpha value is -2.83. The molecule has 0 radical (unpaired) electrons. The van der Waals surface area contributed by atoms with E-state index in [1.165, 1.54) is 4.68 Å². The minimum absolute atomic E-state index is 0.182. The topological polar surface area (TPSA) is 85.6 Å². The standard InChI is InChI=1S/C14H14N6O/c1-2-15-13-8-16-10(7-17-13)9-20-14(21)11-5-3-4-6-12(11)18-19-20/h3-8H,2,9H2,1H3,(H,15,17). The molecule has 3 aromatic rings. The second-order valence-corrected chi connectivity index (χ2v) is 4.49. The number of benzene rings is 1. The van der Waals surface area contributed by atoms with Gasteiger partial charge in [0.05, 0.1) is 30.0 Å². The zero-order valence-electron chi connectivity index (χ0n) is 11.5. The first kappa shape index (κ1) is 13.2. The van der Waals surface area contributed by atoms with E-state index >= 15 is 0 Å².